The molecule has 0 saturated heterocycles. The molecule has 1 amide bonds. The summed E-state index contributed by atoms with van der Waals surface area (Å²) in [5, 5.41) is 16.2. The predicted octanol–water partition coefficient (Wildman–Crippen LogP) is 5.93. The van der Waals surface area contributed by atoms with Crippen molar-refractivity contribution in [1.82, 2.24) is 40.6 Å². The van der Waals surface area contributed by atoms with E-state index in [2.05, 4.69) is 40.5 Å². The zero-order chi connectivity index (χ0) is 32.0. The molecule has 0 bridgehead atoms. The normalized spacial score (nSPS) is 17.6. The fourth-order valence-corrected chi connectivity index (χ4v) is 5.38. The quantitative estimate of drug-likeness (QED) is 0.229. The molecule has 0 unspecified atom stereocenters. The molecule has 1 fully saturated rings. The molecule has 44 heavy (non-hydrogen) atoms. The fraction of sp³-hybridized carbons (Fsp3) is 0.520. The van der Waals surface area contributed by atoms with Crippen LogP contribution in [0.15, 0.2) is 23.0 Å². The summed E-state index contributed by atoms with van der Waals surface area (Å²) in [5.74, 6) is -7.64. The van der Waals surface area contributed by atoms with Gasteiger partial charge in [0, 0.05) is 18.8 Å². The fourth-order valence-electron chi connectivity index (χ4n) is 5.38. The lowest BCUT2D eigenvalue weighted by molar-refractivity contribution is -0.144. The maximum Gasteiger partial charge on any atom is 0.408 e. The number of imidazole rings is 1. The molecule has 0 radical (unpaired) electrons. The number of nitrogens with zero attached hydrogens (tertiary/aromatic N) is 6. The molecule has 5 rings (SSSR count). The van der Waals surface area contributed by atoms with E-state index in [1.807, 2.05) is 0 Å². The van der Waals surface area contributed by atoms with Crippen LogP contribution >= 0.6 is 0 Å². The van der Waals surface area contributed by atoms with Gasteiger partial charge < -0.3 is 10.3 Å². The summed E-state index contributed by atoms with van der Waals surface area (Å²) >= 11 is 0. The molecule has 1 aliphatic carbocycles. The largest absolute Gasteiger partial charge is 0.408 e. The monoisotopic (exact) mass is 638 g/mol. The van der Waals surface area contributed by atoms with Crippen LogP contribution in [0.5, 0.6) is 0 Å². The number of rotatable bonds is 8. The number of hydrogen-bond acceptors (Lipinski definition) is 7. The van der Waals surface area contributed by atoms with Crippen LogP contribution in [-0.4, -0.2) is 59.5 Å². The first kappa shape index (κ1) is 31.2. The van der Waals surface area contributed by atoms with E-state index >= 15 is 4.39 Å². The van der Waals surface area contributed by atoms with Crippen molar-refractivity contribution in [1.29, 1.82) is 0 Å². The number of carbonyl (C=O) groups excluding carboxylic acids is 1. The molecule has 1 saturated carbocycles. The lowest BCUT2D eigenvalue weighted by Gasteiger charge is -2.33. The molecule has 10 nitrogen and oxygen atoms in total. The smallest absolute Gasteiger partial charge is 0.340 e. The number of alkyl halides is 8. The number of aromatic amines is 1. The molecule has 2 atom stereocenters. The van der Waals surface area contributed by atoms with Crippen molar-refractivity contribution < 1.29 is 48.9 Å². The van der Waals surface area contributed by atoms with Gasteiger partial charge in [-0.05, 0) is 42.5 Å². The molecule has 2 N–H and O–H groups in total. The summed E-state index contributed by atoms with van der Waals surface area (Å²) in [5.41, 5.74) is -1.81. The third-order valence-electron chi connectivity index (χ3n) is 7.47. The van der Waals surface area contributed by atoms with Crippen LogP contribution in [0.4, 0.5) is 39.5 Å². The Labute approximate surface area is 241 Å². The summed E-state index contributed by atoms with van der Waals surface area (Å²) in [6.45, 7) is -0.317. The molecule has 238 valence electrons. The number of fused-ring (bicyclic) bond motifs is 1. The second kappa shape index (κ2) is 11.4. The molecule has 19 heteroatoms. The number of amides is 1. The van der Waals surface area contributed by atoms with Crippen LogP contribution in [-0.2, 0) is 6.54 Å². The molecule has 1 aromatic carbocycles. The summed E-state index contributed by atoms with van der Waals surface area (Å²) < 4.78 is 129. The Hall–Kier alpha value is -4.19. The zero-order valence-corrected chi connectivity index (χ0v) is 22.6. The van der Waals surface area contributed by atoms with Gasteiger partial charge in [0.05, 0.1) is 29.9 Å². The molecular weight excluding hydrogens is 615 g/mol. The number of nitrogens with one attached hydrogen (secondary N) is 2. The van der Waals surface area contributed by atoms with Crippen molar-refractivity contribution >= 4 is 16.9 Å². The number of carbonyl (C=O) groups is 1. The minimum atomic E-state index is -4.93. The molecule has 3 aromatic heterocycles. The van der Waals surface area contributed by atoms with E-state index in [4.69, 9.17) is 0 Å². The van der Waals surface area contributed by atoms with Gasteiger partial charge in [-0.25, -0.2) is 27.5 Å². The van der Waals surface area contributed by atoms with Gasteiger partial charge in [-0.3, -0.25) is 4.79 Å². The van der Waals surface area contributed by atoms with Gasteiger partial charge >= 0.3 is 12.4 Å². The van der Waals surface area contributed by atoms with Crippen LogP contribution in [0.2, 0.25) is 0 Å². The van der Waals surface area contributed by atoms with Crippen molar-refractivity contribution in [3.05, 3.63) is 52.6 Å². The van der Waals surface area contributed by atoms with E-state index < -0.39 is 90.5 Å². The van der Waals surface area contributed by atoms with Crippen LogP contribution in [0.1, 0.15) is 77.3 Å². The van der Waals surface area contributed by atoms with Gasteiger partial charge in [0.25, 0.3) is 5.91 Å². The standard InChI is InChI=1S/C25H23F9N8O2/c1-11-18(40-44-39-11)22(43)38-19(12-4-6-23(27,28)7-5-12)21-36-15-3-2-13(17(26)20(15)37-21)14(8-24(29,30)31)16-9-35-41-42(16)10-25(32,33)34/h2-3,9,12,14,19H,4-8,10H2,1H3,(H,36,37)(H,38,43)/t14-,19-/m0/s1. The van der Waals surface area contributed by atoms with Crippen LogP contribution in [0.3, 0.4) is 0 Å². The minimum Gasteiger partial charge on any atom is -0.340 e. The van der Waals surface area contributed by atoms with Crippen molar-refractivity contribution in [2.45, 2.75) is 75.8 Å². The SMILES string of the molecule is Cc1nonc1C(=O)N[C@H](c1nc2c(F)c([C@H](CC(F)(F)F)c3cnnn3CC(F)(F)F)ccc2[nH]1)C1CCC(F)(F)CC1. The Morgan fingerprint density at radius 3 is 2.45 bits per heavy atom. The van der Waals surface area contributed by atoms with Gasteiger partial charge in [-0.1, -0.05) is 16.4 Å². The first-order valence-electron chi connectivity index (χ1n) is 13.2. The van der Waals surface area contributed by atoms with E-state index in [9.17, 15) is 39.9 Å². The van der Waals surface area contributed by atoms with Gasteiger partial charge in [0.15, 0.2) is 11.5 Å². The Bertz CT molecular complexity index is 1630. The molecular formula is C25H23F9N8O2. The first-order valence-corrected chi connectivity index (χ1v) is 13.2. The van der Waals surface area contributed by atoms with Crippen LogP contribution in [0, 0.1) is 18.7 Å². The molecule has 0 spiro atoms. The van der Waals surface area contributed by atoms with Gasteiger partial charge in [-0.15, -0.1) is 5.10 Å². The molecule has 1 aliphatic rings. The minimum absolute atomic E-state index is 0.0198. The average Bonchev–Trinajstić information content (AvgIpc) is 3.65. The number of aryl methyl sites for hydroxylation is 1. The Morgan fingerprint density at radius 1 is 1.14 bits per heavy atom. The summed E-state index contributed by atoms with van der Waals surface area (Å²) in [4.78, 5) is 20.0. The van der Waals surface area contributed by atoms with Crippen LogP contribution in [0.25, 0.3) is 11.0 Å². The highest BCUT2D eigenvalue weighted by atomic mass is 19.4. The van der Waals surface area contributed by atoms with E-state index in [1.54, 1.807) is 0 Å². The maximum atomic E-state index is 16.0. The number of benzene rings is 1. The molecule has 4 aromatic rings. The van der Waals surface area contributed by atoms with E-state index in [-0.39, 0.29) is 40.3 Å². The highest BCUT2D eigenvalue weighted by Crippen LogP contribution is 2.42. The maximum absolute atomic E-state index is 16.0. The van der Waals surface area contributed by atoms with E-state index in [0.717, 1.165) is 6.07 Å². The topological polar surface area (TPSA) is 127 Å². The van der Waals surface area contributed by atoms with Gasteiger partial charge in [0.2, 0.25) is 5.92 Å². The first-order chi connectivity index (χ1) is 20.5. The second-order valence-corrected chi connectivity index (χ2v) is 10.6. The summed E-state index contributed by atoms with van der Waals surface area (Å²) in [6.07, 6.45) is -11.9. The van der Waals surface area contributed by atoms with E-state index in [1.165, 1.54) is 13.0 Å². The van der Waals surface area contributed by atoms with Gasteiger partial charge in [-0.2, -0.15) is 26.3 Å². The zero-order valence-electron chi connectivity index (χ0n) is 22.6. The third-order valence-corrected chi connectivity index (χ3v) is 7.47. The van der Waals surface area contributed by atoms with Crippen molar-refractivity contribution in [3.8, 4) is 0 Å². The molecule has 3 heterocycles. The Morgan fingerprint density at radius 2 is 1.84 bits per heavy atom. The van der Waals surface area contributed by atoms with Crippen molar-refractivity contribution in [2.75, 3.05) is 0 Å². The third kappa shape index (κ3) is 6.80. The summed E-state index contributed by atoms with van der Waals surface area (Å²) in [6, 6.07) is 1.07. The number of hydrogen-bond donors (Lipinski definition) is 2. The van der Waals surface area contributed by atoms with Crippen molar-refractivity contribution in [3.63, 3.8) is 0 Å². The summed E-state index contributed by atoms with van der Waals surface area (Å²) in [7, 11) is 0. The van der Waals surface area contributed by atoms with Gasteiger partial charge in [0.1, 0.15) is 23.6 Å². The van der Waals surface area contributed by atoms with Crippen LogP contribution < -0.4 is 5.32 Å². The highest BCUT2D eigenvalue weighted by Gasteiger charge is 2.41. The average molecular weight is 638 g/mol. The lowest BCUT2D eigenvalue weighted by Crippen LogP contribution is -2.38. The number of H-pyrrole nitrogens is 1. The lowest BCUT2D eigenvalue weighted by atomic mass is 9.81. The number of halogens is 9. The predicted molar refractivity (Wildman–Crippen MR) is 131 cm³/mol. The second-order valence-electron chi connectivity index (χ2n) is 10.6. The molecule has 0 aliphatic heterocycles. The Kier molecular flexibility index (Phi) is 8.08. The Balaban J connectivity index is 1.55. The van der Waals surface area contributed by atoms with Crippen molar-refractivity contribution in [2.24, 2.45) is 5.92 Å². The number of aromatic nitrogens is 7. The van der Waals surface area contributed by atoms with E-state index in [0.29, 0.717) is 6.20 Å². The highest BCUT2D eigenvalue weighted by molar-refractivity contribution is 5.93.